The van der Waals surface area contributed by atoms with Crippen molar-refractivity contribution in [2.75, 3.05) is 6.61 Å². The Labute approximate surface area is 208 Å². The highest BCUT2D eigenvalue weighted by Crippen LogP contribution is 2.67. The lowest BCUT2D eigenvalue weighted by molar-refractivity contribution is -0.178. The van der Waals surface area contributed by atoms with Crippen molar-refractivity contribution in [1.82, 2.24) is 4.98 Å². The number of thiazole rings is 1. The minimum Gasteiger partial charge on any atom is -0.462 e. The number of aliphatic hydroxyl groups excluding tert-OH is 1. The van der Waals surface area contributed by atoms with E-state index in [0.717, 1.165) is 35.1 Å². The second kappa shape index (κ2) is 7.82. The molecule has 7 heteroatoms. The molecule has 1 aromatic carbocycles. The summed E-state index contributed by atoms with van der Waals surface area (Å²) in [7, 11) is 0. The van der Waals surface area contributed by atoms with E-state index in [1.807, 2.05) is 37.3 Å². The number of aliphatic hydroxyl groups is 2. The Balaban J connectivity index is 1.25. The van der Waals surface area contributed by atoms with Gasteiger partial charge in [0.2, 0.25) is 5.78 Å². The molecule has 2 aromatic rings. The van der Waals surface area contributed by atoms with Gasteiger partial charge in [-0.2, -0.15) is 0 Å². The van der Waals surface area contributed by atoms with E-state index < -0.39 is 17.1 Å². The van der Waals surface area contributed by atoms with E-state index in [2.05, 4.69) is 11.9 Å². The number of rotatable bonds is 4. The zero-order valence-electron chi connectivity index (χ0n) is 20.1. The normalized spacial score (nSPS) is 40.1. The third kappa shape index (κ3) is 3.24. The van der Waals surface area contributed by atoms with Crippen molar-refractivity contribution < 1.29 is 24.5 Å². The van der Waals surface area contributed by atoms with Crippen molar-refractivity contribution in [3.63, 3.8) is 0 Å². The fourth-order valence-electron chi connectivity index (χ4n) is 7.95. The van der Waals surface area contributed by atoms with Gasteiger partial charge in [-0.15, -0.1) is 0 Å². The Bertz CT molecular complexity index is 1250. The van der Waals surface area contributed by atoms with Crippen molar-refractivity contribution in [2.24, 2.45) is 28.6 Å². The first-order chi connectivity index (χ1) is 16.7. The fraction of sp³-hybridized carbons (Fsp3) is 0.536. The molecule has 2 N–H and O–H groups in total. The fourth-order valence-corrected chi connectivity index (χ4v) is 8.76. The summed E-state index contributed by atoms with van der Waals surface area (Å²) >= 11 is 1.39. The molecule has 7 atom stereocenters. The van der Waals surface area contributed by atoms with Gasteiger partial charge in [-0.3, -0.25) is 9.59 Å². The molecule has 0 aliphatic heterocycles. The molecule has 6 unspecified atom stereocenters. The molecule has 1 aromatic heterocycles. The average molecular weight is 494 g/mol. The van der Waals surface area contributed by atoms with Gasteiger partial charge < -0.3 is 14.9 Å². The molecule has 0 amide bonds. The number of Topliss-reactive ketones (excluding diaryl/α,β-unsaturated/α-hetero) is 1. The molecule has 4 aliphatic carbocycles. The van der Waals surface area contributed by atoms with Gasteiger partial charge >= 0.3 is 0 Å². The number of benzene rings is 1. The topological polar surface area (TPSA) is 96.7 Å². The molecular formula is C28H31NO5S. The molecule has 6 rings (SSSR count). The standard InChI is InChI=1S/C28H31NO5S/c1-26-11-9-17(30)13-16(26)7-8-18-19-10-12-28(33,27(19,2)14-21(31)24(18)26)23(32)15-34-25-29-20-5-3-4-6-22(20)35-25/h3-6,9,11,13,18-19,21,24,31,33H,7-8,10,12,14-15H2,1-2H3/t18?,19?,21?,24?,26?,27?,28-/m0/s1. The Morgan fingerprint density at radius 2 is 2.06 bits per heavy atom. The number of fused-ring (bicyclic) bond motifs is 6. The Kier molecular flexibility index (Phi) is 5.16. The maximum Gasteiger partial charge on any atom is 0.274 e. The number of allylic oxidation sites excluding steroid dienone is 4. The Morgan fingerprint density at radius 1 is 1.26 bits per heavy atom. The van der Waals surface area contributed by atoms with E-state index in [9.17, 15) is 19.8 Å². The summed E-state index contributed by atoms with van der Waals surface area (Å²) in [4.78, 5) is 29.9. The number of para-hydroxylation sites is 1. The molecule has 0 bridgehead atoms. The number of aromatic nitrogens is 1. The largest absolute Gasteiger partial charge is 0.462 e. The van der Waals surface area contributed by atoms with Crippen LogP contribution in [-0.4, -0.2) is 45.1 Å². The second-order valence-electron chi connectivity index (χ2n) is 11.3. The number of hydrogen-bond donors (Lipinski definition) is 2. The molecule has 0 spiro atoms. The van der Waals surface area contributed by atoms with Crippen LogP contribution >= 0.6 is 11.3 Å². The summed E-state index contributed by atoms with van der Waals surface area (Å²) in [6.45, 7) is 3.87. The van der Waals surface area contributed by atoms with Crippen molar-refractivity contribution >= 4 is 33.1 Å². The minimum atomic E-state index is -1.55. The zero-order chi connectivity index (χ0) is 24.6. The van der Waals surface area contributed by atoms with Crippen molar-refractivity contribution in [3.8, 4) is 5.19 Å². The third-order valence-electron chi connectivity index (χ3n) is 9.71. The van der Waals surface area contributed by atoms with Crippen LogP contribution < -0.4 is 4.74 Å². The SMILES string of the molecule is CC12C=CC(=O)C=C1CCC1C2C(O)CC2(C)C1CC[C@]2(O)C(=O)COc1nc2ccccc2s1. The molecule has 6 nitrogen and oxygen atoms in total. The summed E-state index contributed by atoms with van der Waals surface area (Å²) in [5.74, 6) is -0.0490. The van der Waals surface area contributed by atoms with Gasteiger partial charge in [0.25, 0.3) is 5.19 Å². The smallest absolute Gasteiger partial charge is 0.274 e. The Morgan fingerprint density at radius 3 is 2.86 bits per heavy atom. The second-order valence-corrected chi connectivity index (χ2v) is 12.3. The third-order valence-corrected chi connectivity index (χ3v) is 10.7. The van der Waals surface area contributed by atoms with Gasteiger partial charge in [-0.1, -0.05) is 49.0 Å². The molecule has 4 aliphatic rings. The van der Waals surface area contributed by atoms with E-state index >= 15 is 0 Å². The first-order valence-electron chi connectivity index (χ1n) is 12.5. The van der Waals surface area contributed by atoms with Crippen LogP contribution in [0.1, 0.15) is 46.0 Å². The minimum absolute atomic E-state index is 0.0139. The van der Waals surface area contributed by atoms with Gasteiger partial charge in [0.05, 0.1) is 16.3 Å². The predicted molar refractivity (Wildman–Crippen MR) is 133 cm³/mol. The van der Waals surface area contributed by atoms with Crippen LogP contribution in [0.25, 0.3) is 10.2 Å². The quantitative estimate of drug-likeness (QED) is 0.661. The first-order valence-corrected chi connectivity index (χ1v) is 13.3. The molecular weight excluding hydrogens is 462 g/mol. The van der Waals surface area contributed by atoms with Crippen LogP contribution in [-0.2, 0) is 9.59 Å². The summed E-state index contributed by atoms with van der Waals surface area (Å²) in [6.07, 6.45) is 7.81. The highest BCUT2D eigenvalue weighted by molar-refractivity contribution is 7.20. The zero-order valence-corrected chi connectivity index (χ0v) is 20.9. The maximum absolute atomic E-state index is 13.5. The van der Waals surface area contributed by atoms with E-state index in [0.29, 0.717) is 18.0 Å². The maximum atomic E-state index is 13.5. The summed E-state index contributed by atoms with van der Waals surface area (Å²) in [5, 5.41) is 23.7. The van der Waals surface area contributed by atoms with Crippen molar-refractivity contribution in [2.45, 2.75) is 57.7 Å². The van der Waals surface area contributed by atoms with Crippen LogP contribution in [0.15, 0.2) is 48.1 Å². The lowest BCUT2D eigenvalue weighted by Crippen LogP contribution is -2.61. The number of hydrogen-bond acceptors (Lipinski definition) is 7. The monoisotopic (exact) mass is 493 g/mol. The summed E-state index contributed by atoms with van der Waals surface area (Å²) in [6, 6.07) is 7.70. The van der Waals surface area contributed by atoms with Gasteiger partial charge in [-0.05, 0) is 68.2 Å². The highest BCUT2D eigenvalue weighted by atomic mass is 32.1. The number of carbonyl (C=O) groups excluding carboxylic acids is 2. The van der Waals surface area contributed by atoms with E-state index in [-0.39, 0.29) is 41.3 Å². The number of carbonyl (C=O) groups is 2. The molecule has 0 saturated heterocycles. The first kappa shape index (κ1) is 23.1. The molecule has 35 heavy (non-hydrogen) atoms. The summed E-state index contributed by atoms with van der Waals surface area (Å²) in [5.41, 5.74) is -0.713. The lowest BCUT2D eigenvalue weighted by Gasteiger charge is -2.59. The number of ketones is 2. The predicted octanol–water partition coefficient (Wildman–Crippen LogP) is 4.25. The number of ether oxygens (including phenoxy) is 1. The average Bonchev–Trinajstić information content (AvgIpc) is 3.36. The van der Waals surface area contributed by atoms with Crippen molar-refractivity contribution in [3.05, 3.63) is 48.1 Å². The van der Waals surface area contributed by atoms with Crippen LogP contribution in [0.4, 0.5) is 0 Å². The van der Waals surface area contributed by atoms with Crippen LogP contribution in [0.2, 0.25) is 0 Å². The molecule has 184 valence electrons. The highest BCUT2D eigenvalue weighted by Gasteiger charge is 2.68. The van der Waals surface area contributed by atoms with Crippen LogP contribution in [0.5, 0.6) is 5.19 Å². The van der Waals surface area contributed by atoms with Crippen LogP contribution in [0.3, 0.4) is 0 Å². The molecule has 3 saturated carbocycles. The molecule has 3 fully saturated rings. The van der Waals surface area contributed by atoms with E-state index in [4.69, 9.17) is 4.74 Å². The van der Waals surface area contributed by atoms with Gasteiger partial charge in [0, 0.05) is 16.7 Å². The van der Waals surface area contributed by atoms with Crippen molar-refractivity contribution in [1.29, 1.82) is 0 Å². The van der Waals surface area contributed by atoms with E-state index in [1.165, 1.54) is 11.3 Å². The summed E-state index contributed by atoms with van der Waals surface area (Å²) < 4.78 is 6.76. The van der Waals surface area contributed by atoms with Gasteiger partial charge in [-0.25, -0.2) is 4.98 Å². The molecule has 0 radical (unpaired) electrons. The van der Waals surface area contributed by atoms with Crippen LogP contribution in [0, 0.1) is 28.6 Å². The van der Waals surface area contributed by atoms with Gasteiger partial charge in [0.15, 0.2) is 12.4 Å². The van der Waals surface area contributed by atoms with Gasteiger partial charge in [0.1, 0.15) is 5.60 Å². The lowest BCUT2D eigenvalue weighted by atomic mass is 9.46. The number of nitrogens with zero attached hydrogens (tertiary/aromatic N) is 1. The van der Waals surface area contributed by atoms with E-state index in [1.54, 1.807) is 12.2 Å². The molecule has 1 heterocycles. The Hall–Kier alpha value is -2.35.